The molecule has 2 rings (SSSR count). The maximum absolute atomic E-state index is 6.14. The molecule has 2 saturated carbocycles. The Balaban J connectivity index is 1.75. The van der Waals surface area contributed by atoms with Gasteiger partial charge in [-0.3, -0.25) is 0 Å². The molecule has 4 atom stereocenters. The second-order valence-electron chi connectivity index (χ2n) is 5.69. The first-order valence-electron chi connectivity index (χ1n) is 6.05. The van der Waals surface area contributed by atoms with Crippen molar-refractivity contribution in [1.29, 1.82) is 0 Å². The van der Waals surface area contributed by atoms with Crippen molar-refractivity contribution in [3.8, 4) is 0 Å². The topological polar surface area (TPSA) is 29.3 Å². The second kappa shape index (κ2) is 4.19. The number of likely N-dealkylation sites (N-methyl/N-ethyl adjacent to an activating group) is 1. The average Bonchev–Trinajstić information content (AvgIpc) is 2.62. The fraction of sp³-hybridized carbons (Fsp3) is 1.00. The summed E-state index contributed by atoms with van der Waals surface area (Å²) in [6, 6.07) is 0.398. The zero-order valence-electron chi connectivity index (χ0n) is 9.58. The van der Waals surface area contributed by atoms with Crippen molar-refractivity contribution in [2.45, 2.75) is 38.1 Å². The van der Waals surface area contributed by atoms with Crippen LogP contribution in [0.3, 0.4) is 0 Å². The van der Waals surface area contributed by atoms with Gasteiger partial charge in [-0.05, 0) is 57.5 Å². The molecule has 0 amide bonds. The van der Waals surface area contributed by atoms with Crippen molar-refractivity contribution < 1.29 is 0 Å². The van der Waals surface area contributed by atoms with Crippen LogP contribution in [-0.2, 0) is 0 Å². The van der Waals surface area contributed by atoms with Gasteiger partial charge in [0.05, 0.1) is 0 Å². The summed E-state index contributed by atoms with van der Waals surface area (Å²) in [7, 11) is 4.22. The lowest BCUT2D eigenvalue weighted by atomic mass is 9.84. The van der Waals surface area contributed by atoms with E-state index in [9.17, 15) is 0 Å². The summed E-state index contributed by atoms with van der Waals surface area (Å²) in [6.45, 7) is 1.05. The standard InChI is InChI=1S/C12H24N2/c1-14(2)8-12(13)7-11-6-9-3-4-10(11)5-9/h9-12H,3-8,13H2,1-2H3. The number of nitrogens with two attached hydrogens (primary N) is 1. The van der Waals surface area contributed by atoms with Gasteiger partial charge in [0.25, 0.3) is 0 Å². The van der Waals surface area contributed by atoms with Gasteiger partial charge in [-0.25, -0.2) is 0 Å². The van der Waals surface area contributed by atoms with Crippen LogP contribution in [-0.4, -0.2) is 31.6 Å². The number of fused-ring (bicyclic) bond motifs is 2. The molecule has 0 aliphatic heterocycles. The Hall–Kier alpha value is -0.0800. The van der Waals surface area contributed by atoms with Crippen molar-refractivity contribution in [3.63, 3.8) is 0 Å². The molecule has 2 N–H and O–H groups in total. The maximum atomic E-state index is 6.14. The van der Waals surface area contributed by atoms with E-state index in [4.69, 9.17) is 5.73 Å². The lowest BCUT2D eigenvalue weighted by Crippen LogP contribution is -2.35. The molecule has 0 aromatic heterocycles. The largest absolute Gasteiger partial charge is 0.327 e. The van der Waals surface area contributed by atoms with Gasteiger partial charge in [-0.1, -0.05) is 6.42 Å². The third-order valence-corrected chi connectivity index (χ3v) is 4.09. The van der Waals surface area contributed by atoms with Crippen LogP contribution >= 0.6 is 0 Å². The smallest absolute Gasteiger partial charge is 0.0170 e. The van der Waals surface area contributed by atoms with Crippen LogP contribution in [0.15, 0.2) is 0 Å². The quantitative estimate of drug-likeness (QED) is 0.741. The zero-order chi connectivity index (χ0) is 10.1. The third kappa shape index (κ3) is 2.29. The highest BCUT2D eigenvalue weighted by atomic mass is 15.1. The Morgan fingerprint density at radius 1 is 1.29 bits per heavy atom. The molecule has 0 aromatic rings. The van der Waals surface area contributed by atoms with E-state index in [1.165, 1.54) is 32.1 Å². The lowest BCUT2D eigenvalue weighted by Gasteiger charge is -2.26. The highest BCUT2D eigenvalue weighted by molar-refractivity contribution is 4.91. The number of rotatable bonds is 4. The molecule has 2 heteroatoms. The first kappa shape index (κ1) is 10.4. The van der Waals surface area contributed by atoms with Gasteiger partial charge in [0, 0.05) is 12.6 Å². The van der Waals surface area contributed by atoms with Gasteiger partial charge >= 0.3 is 0 Å². The molecule has 2 fully saturated rings. The fourth-order valence-corrected chi connectivity index (χ4v) is 3.60. The van der Waals surface area contributed by atoms with E-state index in [1.54, 1.807) is 0 Å². The molecule has 2 aliphatic rings. The van der Waals surface area contributed by atoms with Crippen LogP contribution in [0.5, 0.6) is 0 Å². The van der Waals surface area contributed by atoms with Crippen LogP contribution in [0.25, 0.3) is 0 Å². The van der Waals surface area contributed by atoms with E-state index in [0.717, 1.165) is 24.3 Å². The molecule has 4 unspecified atom stereocenters. The Bertz CT molecular complexity index is 191. The summed E-state index contributed by atoms with van der Waals surface area (Å²) < 4.78 is 0. The minimum atomic E-state index is 0.398. The molecule has 0 spiro atoms. The number of hydrogen-bond acceptors (Lipinski definition) is 2. The molecule has 0 heterocycles. The number of hydrogen-bond donors (Lipinski definition) is 1. The van der Waals surface area contributed by atoms with Crippen LogP contribution < -0.4 is 5.73 Å². The molecule has 0 radical (unpaired) electrons. The second-order valence-corrected chi connectivity index (χ2v) is 5.69. The van der Waals surface area contributed by atoms with Crippen molar-refractivity contribution in [2.75, 3.05) is 20.6 Å². The first-order chi connectivity index (χ1) is 6.65. The van der Waals surface area contributed by atoms with Crippen LogP contribution in [0.1, 0.15) is 32.1 Å². The van der Waals surface area contributed by atoms with E-state index < -0.39 is 0 Å². The van der Waals surface area contributed by atoms with E-state index >= 15 is 0 Å². The Labute approximate surface area is 87.8 Å². The fourth-order valence-electron chi connectivity index (χ4n) is 3.60. The average molecular weight is 196 g/mol. The van der Waals surface area contributed by atoms with Crippen molar-refractivity contribution in [1.82, 2.24) is 4.90 Å². The van der Waals surface area contributed by atoms with Gasteiger partial charge in [-0.2, -0.15) is 0 Å². The van der Waals surface area contributed by atoms with Crippen molar-refractivity contribution in [3.05, 3.63) is 0 Å². The Kier molecular flexibility index (Phi) is 3.13. The normalized spacial score (nSPS) is 38.1. The molecular weight excluding hydrogens is 172 g/mol. The summed E-state index contributed by atoms with van der Waals surface area (Å²) in [6.07, 6.45) is 7.25. The summed E-state index contributed by atoms with van der Waals surface area (Å²) in [5.41, 5.74) is 6.14. The van der Waals surface area contributed by atoms with Crippen molar-refractivity contribution in [2.24, 2.45) is 23.5 Å². The monoisotopic (exact) mass is 196 g/mol. The molecule has 2 bridgehead atoms. The predicted molar refractivity (Wildman–Crippen MR) is 60.1 cm³/mol. The van der Waals surface area contributed by atoms with Gasteiger partial charge in [0.2, 0.25) is 0 Å². The summed E-state index contributed by atoms with van der Waals surface area (Å²) in [5, 5.41) is 0. The van der Waals surface area contributed by atoms with E-state index in [-0.39, 0.29) is 0 Å². The minimum Gasteiger partial charge on any atom is -0.327 e. The molecule has 2 nitrogen and oxygen atoms in total. The zero-order valence-corrected chi connectivity index (χ0v) is 9.58. The third-order valence-electron chi connectivity index (χ3n) is 4.09. The van der Waals surface area contributed by atoms with Gasteiger partial charge in [0.15, 0.2) is 0 Å². The first-order valence-corrected chi connectivity index (χ1v) is 6.05. The number of nitrogens with zero attached hydrogens (tertiary/aromatic N) is 1. The molecule has 82 valence electrons. The summed E-state index contributed by atoms with van der Waals surface area (Å²) >= 11 is 0. The van der Waals surface area contributed by atoms with Crippen molar-refractivity contribution >= 4 is 0 Å². The van der Waals surface area contributed by atoms with Crippen LogP contribution in [0.4, 0.5) is 0 Å². The summed E-state index contributed by atoms with van der Waals surface area (Å²) in [4.78, 5) is 2.21. The van der Waals surface area contributed by atoms with Crippen LogP contribution in [0.2, 0.25) is 0 Å². The van der Waals surface area contributed by atoms with E-state index in [1.807, 2.05) is 0 Å². The van der Waals surface area contributed by atoms with Gasteiger partial charge < -0.3 is 10.6 Å². The Morgan fingerprint density at radius 2 is 2.07 bits per heavy atom. The highest BCUT2D eigenvalue weighted by Gasteiger charge is 2.39. The lowest BCUT2D eigenvalue weighted by molar-refractivity contribution is 0.268. The molecule has 14 heavy (non-hydrogen) atoms. The predicted octanol–water partition coefficient (Wildman–Crippen LogP) is 1.70. The molecule has 0 saturated heterocycles. The molecule has 0 aromatic carbocycles. The summed E-state index contributed by atoms with van der Waals surface area (Å²) in [5.74, 6) is 3.06. The Morgan fingerprint density at radius 3 is 2.57 bits per heavy atom. The SMILES string of the molecule is CN(C)CC(N)CC1CC2CCC1C2. The van der Waals surface area contributed by atoms with Gasteiger partial charge in [0.1, 0.15) is 0 Å². The minimum absolute atomic E-state index is 0.398. The van der Waals surface area contributed by atoms with Gasteiger partial charge in [-0.15, -0.1) is 0 Å². The van der Waals surface area contributed by atoms with E-state index in [2.05, 4.69) is 19.0 Å². The van der Waals surface area contributed by atoms with E-state index in [0.29, 0.717) is 6.04 Å². The molecule has 2 aliphatic carbocycles. The highest BCUT2D eigenvalue weighted by Crippen LogP contribution is 2.49. The van der Waals surface area contributed by atoms with Crippen LogP contribution in [0, 0.1) is 17.8 Å². The molecular formula is C12H24N2. The maximum Gasteiger partial charge on any atom is 0.0170 e.